The van der Waals surface area contributed by atoms with Crippen LogP contribution < -0.4 is 10.2 Å². The molecule has 1 heterocycles. The van der Waals surface area contributed by atoms with Crippen LogP contribution in [0.1, 0.15) is 49.5 Å². The molecule has 3 amide bonds. The third-order valence-corrected chi connectivity index (χ3v) is 7.10. The van der Waals surface area contributed by atoms with Crippen LogP contribution in [0.3, 0.4) is 0 Å². The molecule has 0 aromatic heterocycles. The lowest BCUT2D eigenvalue weighted by Crippen LogP contribution is -2.49. The van der Waals surface area contributed by atoms with Gasteiger partial charge in [0.05, 0.1) is 15.7 Å². The van der Waals surface area contributed by atoms with E-state index in [1.54, 1.807) is 34.9 Å². The molecule has 188 valence electrons. The number of rotatable bonds is 9. The third kappa shape index (κ3) is 5.35. The van der Waals surface area contributed by atoms with Crippen LogP contribution in [-0.2, 0) is 16.1 Å². The van der Waals surface area contributed by atoms with Crippen LogP contribution in [0.5, 0.6) is 0 Å². The second-order valence-electron chi connectivity index (χ2n) is 9.35. The first-order valence-corrected chi connectivity index (χ1v) is 12.8. The molecule has 0 aliphatic carbocycles. The fraction of sp³-hybridized carbons (Fsp3) is 0.321. The van der Waals surface area contributed by atoms with Crippen LogP contribution in [0.25, 0.3) is 10.8 Å². The number of nitrogens with one attached hydrogen (secondary N) is 1. The molecule has 3 aromatic rings. The van der Waals surface area contributed by atoms with Gasteiger partial charge in [-0.05, 0) is 62.4 Å². The van der Waals surface area contributed by atoms with Gasteiger partial charge in [0.15, 0.2) is 0 Å². The molecule has 0 spiro atoms. The molecule has 1 unspecified atom stereocenters. The number of hydrogen-bond acceptors (Lipinski definition) is 3. The van der Waals surface area contributed by atoms with E-state index in [9.17, 15) is 14.4 Å². The number of halogens is 2. The molecular weight excluding hydrogens is 497 g/mol. The molecule has 1 aliphatic rings. The molecule has 36 heavy (non-hydrogen) atoms. The zero-order valence-corrected chi connectivity index (χ0v) is 22.1. The van der Waals surface area contributed by atoms with Gasteiger partial charge in [0.2, 0.25) is 11.8 Å². The highest BCUT2D eigenvalue weighted by Gasteiger charge is 2.30. The maximum absolute atomic E-state index is 13.4. The summed E-state index contributed by atoms with van der Waals surface area (Å²) in [4.78, 5) is 42.5. The highest BCUT2D eigenvalue weighted by atomic mass is 35.5. The predicted octanol–water partition coefficient (Wildman–Crippen LogP) is 5.83. The molecule has 8 heteroatoms. The fourth-order valence-corrected chi connectivity index (χ4v) is 4.88. The third-order valence-electron chi connectivity index (χ3n) is 6.36. The first kappa shape index (κ1) is 26.0. The lowest BCUT2D eigenvalue weighted by molar-refractivity contribution is -0.140. The Labute approximate surface area is 221 Å². The van der Waals surface area contributed by atoms with Gasteiger partial charge in [-0.2, -0.15) is 0 Å². The molecule has 1 N–H and O–H groups in total. The fourth-order valence-electron chi connectivity index (χ4n) is 4.56. The Balaban J connectivity index is 1.47. The van der Waals surface area contributed by atoms with Gasteiger partial charge in [0.1, 0.15) is 6.04 Å². The van der Waals surface area contributed by atoms with Crippen molar-refractivity contribution in [1.82, 2.24) is 10.2 Å². The Kier molecular flexibility index (Phi) is 7.86. The Morgan fingerprint density at radius 1 is 1.00 bits per heavy atom. The van der Waals surface area contributed by atoms with Gasteiger partial charge in [0, 0.05) is 36.5 Å². The van der Waals surface area contributed by atoms with Crippen molar-refractivity contribution in [3.8, 4) is 0 Å². The molecular formula is C28H29Cl2N3O3. The lowest BCUT2D eigenvalue weighted by atomic mass is 10.1. The Hall–Kier alpha value is -3.09. The Morgan fingerprint density at radius 3 is 2.42 bits per heavy atom. The lowest BCUT2D eigenvalue weighted by Gasteiger charge is -2.30. The normalized spacial score (nSPS) is 13.4. The molecule has 1 atom stereocenters. The number of nitrogens with zero attached hydrogens (tertiary/aromatic N) is 2. The highest BCUT2D eigenvalue weighted by molar-refractivity contribution is 6.42. The average Bonchev–Trinajstić information content (AvgIpc) is 3.12. The molecule has 1 aliphatic heterocycles. The number of amides is 3. The number of hydrogen-bond donors (Lipinski definition) is 1. The second kappa shape index (κ2) is 10.9. The van der Waals surface area contributed by atoms with Crippen molar-refractivity contribution in [2.24, 2.45) is 0 Å². The number of anilines is 1. The van der Waals surface area contributed by atoms with Crippen molar-refractivity contribution >= 4 is 57.4 Å². The second-order valence-corrected chi connectivity index (χ2v) is 10.2. The summed E-state index contributed by atoms with van der Waals surface area (Å²) in [6.45, 7) is 6.10. The zero-order valence-electron chi connectivity index (χ0n) is 20.6. The molecule has 0 fully saturated rings. The standard InChI is InChI=1S/C28H29Cl2N3O3/c1-17(2)31-27(35)18(3)33(16-19-12-13-22(29)23(30)15-19)25(34)11-6-14-32-24-10-5-8-20-7-4-9-21(26(20)24)28(32)36/h4-5,7-10,12-13,15,17-18H,6,11,14,16H2,1-3H3,(H,31,35). The zero-order chi connectivity index (χ0) is 26.0. The number of carbonyl (C=O) groups excluding carboxylic acids is 3. The molecule has 4 rings (SSSR count). The van der Waals surface area contributed by atoms with Gasteiger partial charge in [-0.15, -0.1) is 0 Å². The predicted molar refractivity (Wildman–Crippen MR) is 145 cm³/mol. The van der Waals surface area contributed by atoms with Gasteiger partial charge in [0.25, 0.3) is 5.91 Å². The van der Waals surface area contributed by atoms with E-state index in [-0.39, 0.29) is 36.7 Å². The van der Waals surface area contributed by atoms with Crippen LogP contribution >= 0.6 is 23.2 Å². The Bertz CT molecular complexity index is 1320. The van der Waals surface area contributed by atoms with Crippen LogP contribution in [0.15, 0.2) is 54.6 Å². The van der Waals surface area contributed by atoms with Crippen molar-refractivity contribution in [2.45, 2.75) is 52.2 Å². The largest absolute Gasteiger partial charge is 0.352 e. The quantitative estimate of drug-likeness (QED) is 0.382. The van der Waals surface area contributed by atoms with Gasteiger partial charge >= 0.3 is 0 Å². The van der Waals surface area contributed by atoms with E-state index in [0.29, 0.717) is 28.6 Å². The minimum Gasteiger partial charge on any atom is -0.352 e. The molecule has 0 saturated heterocycles. The summed E-state index contributed by atoms with van der Waals surface area (Å²) in [5.74, 6) is -0.448. The summed E-state index contributed by atoms with van der Waals surface area (Å²) in [7, 11) is 0. The van der Waals surface area contributed by atoms with Crippen molar-refractivity contribution in [1.29, 1.82) is 0 Å². The Morgan fingerprint density at radius 2 is 1.72 bits per heavy atom. The summed E-state index contributed by atoms with van der Waals surface area (Å²) in [6.07, 6.45) is 0.655. The van der Waals surface area contributed by atoms with Crippen molar-refractivity contribution < 1.29 is 14.4 Å². The van der Waals surface area contributed by atoms with Crippen LogP contribution in [-0.4, -0.2) is 41.2 Å². The van der Waals surface area contributed by atoms with E-state index in [2.05, 4.69) is 5.32 Å². The summed E-state index contributed by atoms with van der Waals surface area (Å²) in [5, 5.41) is 5.67. The number of benzene rings is 3. The maximum Gasteiger partial charge on any atom is 0.258 e. The monoisotopic (exact) mass is 525 g/mol. The molecule has 0 bridgehead atoms. The highest BCUT2D eigenvalue weighted by Crippen LogP contribution is 2.37. The molecule has 0 saturated carbocycles. The first-order chi connectivity index (χ1) is 17.2. The van der Waals surface area contributed by atoms with Gasteiger partial charge in [-0.1, -0.05) is 53.5 Å². The SMILES string of the molecule is CC(C)NC(=O)C(C)N(Cc1ccc(Cl)c(Cl)c1)C(=O)CCCN1C(=O)c2cccc3cccc1c23. The minimum atomic E-state index is -0.680. The number of carbonyl (C=O) groups is 3. The van der Waals surface area contributed by atoms with Crippen molar-refractivity contribution in [2.75, 3.05) is 11.4 Å². The van der Waals surface area contributed by atoms with E-state index >= 15 is 0 Å². The maximum atomic E-state index is 13.4. The van der Waals surface area contributed by atoms with Gasteiger partial charge in [-0.25, -0.2) is 0 Å². The topological polar surface area (TPSA) is 69.7 Å². The summed E-state index contributed by atoms with van der Waals surface area (Å²) in [5.41, 5.74) is 2.34. The molecule has 0 radical (unpaired) electrons. The van der Waals surface area contributed by atoms with Crippen molar-refractivity contribution in [3.63, 3.8) is 0 Å². The van der Waals surface area contributed by atoms with E-state index in [0.717, 1.165) is 22.0 Å². The summed E-state index contributed by atoms with van der Waals surface area (Å²) < 4.78 is 0. The smallest absolute Gasteiger partial charge is 0.258 e. The molecule has 6 nitrogen and oxygen atoms in total. The van der Waals surface area contributed by atoms with Gasteiger partial charge < -0.3 is 15.1 Å². The van der Waals surface area contributed by atoms with Crippen LogP contribution in [0.4, 0.5) is 5.69 Å². The van der Waals surface area contributed by atoms with Crippen LogP contribution in [0.2, 0.25) is 10.0 Å². The van der Waals surface area contributed by atoms with Gasteiger partial charge in [-0.3, -0.25) is 14.4 Å². The first-order valence-electron chi connectivity index (χ1n) is 12.0. The summed E-state index contributed by atoms with van der Waals surface area (Å²) >= 11 is 12.2. The van der Waals surface area contributed by atoms with E-state index in [1.807, 2.05) is 50.2 Å². The van der Waals surface area contributed by atoms with E-state index < -0.39 is 6.04 Å². The minimum absolute atomic E-state index is 0.0487. The molecule has 3 aromatic carbocycles. The summed E-state index contributed by atoms with van der Waals surface area (Å²) in [6, 6.07) is 16.0. The average molecular weight is 526 g/mol. The van der Waals surface area contributed by atoms with Crippen LogP contribution in [0, 0.1) is 0 Å². The van der Waals surface area contributed by atoms with Crippen molar-refractivity contribution in [3.05, 3.63) is 75.8 Å². The van der Waals surface area contributed by atoms with E-state index in [1.165, 1.54) is 0 Å². The van der Waals surface area contributed by atoms with E-state index in [4.69, 9.17) is 23.2 Å².